The minimum atomic E-state index is -0.396. The number of anilines is 2. The molecular weight excluding hydrogens is 325 g/mol. The highest BCUT2D eigenvalue weighted by molar-refractivity contribution is 9.10. The van der Waals surface area contributed by atoms with Gasteiger partial charge in [-0.25, -0.2) is 9.37 Å². The van der Waals surface area contributed by atoms with Crippen LogP contribution in [0.2, 0.25) is 0 Å². The molecule has 0 radical (unpaired) electrons. The van der Waals surface area contributed by atoms with Crippen molar-refractivity contribution in [2.24, 2.45) is 0 Å². The second-order valence-electron chi connectivity index (χ2n) is 4.21. The Bertz CT molecular complexity index is 661. The molecule has 0 aliphatic rings. The largest absolute Gasteiger partial charge is 0.372 e. The summed E-state index contributed by atoms with van der Waals surface area (Å²) in [6.45, 7) is 1.80. The second-order valence-corrected chi connectivity index (χ2v) is 5.13. The molecule has 1 heterocycles. The van der Waals surface area contributed by atoms with E-state index in [-0.39, 0.29) is 5.91 Å². The fraction of sp³-hybridized carbons (Fsp3) is 0.143. The van der Waals surface area contributed by atoms with Crippen molar-refractivity contribution >= 4 is 33.3 Å². The number of nitrogens with one attached hydrogen (secondary N) is 2. The molecule has 1 aromatic carbocycles. The predicted molar refractivity (Wildman–Crippen MR) is 80.6 cm³/mol. The van der Waals surface area contributed by atoms with Gasteiger partial charge >= 0.3 is 0 Å². The Kier molecular flexibility index (Phi) is 4.34. The second kappa shape index (κ2) is 6.00. The van der Waals surface area contributed by atoms with Gasteiger partial charge in [-0.15, -0.1) is 0 Å². The number of carbonyl (C=O) groups excluding carboxylic acids is 1. The van der Waals surface area contributed by atoms with E-state index in [9.17, 15) is 9.18 Å². The summed E-state index contributed by atoms with van der Waals surface area (Å²) in [7, 11) is 1.68. The number of pyridine rings is 1. The lowest BCUT2D eigenvalue weighted by Gasteiger charge is -2.11. The van der Waals surface area contributed by atoms with Gasteiger partial charge in [0.25, 0.3) is 5.91 Å². The summed E-state index contributed by atoms with van der Waals surface area (Å²) in [5, 5.41) is 5.54. The van der Waals surface area contributed by atoms with Crippen molar-refractivity contribution in [3.63, 3.8) is 0 Å². The van der Waals surface area contributed by atoms with Gasteiger partial charge < -0.3 is 10.6 Å². The molecule has 6 heteroatoms. The molecule has 1 amide bonds. The van der Waals surface area contributed by atoms with Crippen LogP contribution in [-0.4, -0.2) is 17.9 Å². The molecule has 1 aromatic heterocycles. The van der Waals surface area contributed by atoms with Gasteiger partial charge in [-0.2, -0.15) is 0 Å². The normalized spacial score (nSPS) is 10.2. The summed E-state index contributed by atoms with van der Waals surface area (Å²) in [6.07, 6.45) is 1.59. The lowest BCUT2D eigenvalue weighted by molar-refractivity contribution is 0.102. The van der Waals surface area contributed by atoms with Gasteiger partial charge in [0, 0.05) is 23.4 Å². The van der Waals surface area contributed by atoms with Gasteiger partial charge in [-0.3, -0.25) is 4.79 Å². The van der Waals surface area contributed by atoms with E-state index in [1.165, 1.54) is 12.1 Å². The van der Waals surface area contributed by atoms with Crippen LogP contribution in [0.15, 0.2) is 34.9 Å². The molecule has 0 saturated heterocycles. The first-order valence-corrected chi connectivity index (χ1v) is 6.71. The first-order chi connectivity index (χ1) is 9.51. The molecule has 0 spiro atoms. The van der Waals surface area contributed by atoms with Crippen molar-refractivity contribution in [3.8, 4) is 0 Å². The number of aryl methyl sites for hydroxylation is 1. The Labute approximate surface area is 124 Å². The van der Waals surface area contributed by atoms with Crippen LogP contribution in [0.1, 0.15) is 15.9 Å². The number of halogens is 2. The number of carbonyl (C=O) groups is 1. The van der Waals surface area contributed by atoms with Crippen LogP contribution < -0.4 is 10.6 Å². The third-order valence-corrected chi connectivity index (χ3v) is 3.22. The van der Waals surface area contributed by atoms with E-state index in [0.717, 1.165) is 5.56 Å². The molecule has 0 saturated carbocycles. The van der Waals surface area contributed by atoms with Crippen LogP contribution >= 0.6 is 15.9 Å². The van der Waals surface area contributed by atoms with Crippen LogP contribution in [0.25, 0.3) is 0 Å². The van der Waals surface area contributed by atoms with E-state index in [2.05, 4.69) is 31.5 Å². The van der Waals surface area contributed by atoms with Gasteiger partial charge in [0.15, 0.2) is 0 Å². The fourth-order valence-electron chi connectivity index (χ4n) is 1.73. The van der Waals surface area contributed by atoms with E-state index >= 15 is 0 Å². The summed E-state index contributed by atoms with van der Waals surface area (Å²) in [5.74, 6) is -0.288. The average molecular weight is 338 g/mol. The van der Waals surface area contributed by atoms with Crippen LogP contribution in [0.4, 0.5) is 15.9 Å². The molecule has 0 aliphatic heterocycles. The maximum absolute atomic E-state index is 13.2. The van der Waals surface area contributed by atoms with E-state index in [1.807, 2.05) is 0 Å². The molecule has 104 valence electrons. The van der Waals surface area contributed by atoms with E-state index in [1.54, 1.807) is 32.3 Å². The predicted octanol–water partition coefficient (Wildman–Crippen LogP) is 3.59. The van der Waals surface area contributed by atoms with Gasteiger partial charge in [-0.1, -0.05) is 6.07 Å². The number of rotatable bonds is 3. The lowest BCUT2D eigenvalue weighted by Crippen LogP contribution is -2.15. The van der Waals surface area contributed by atoms with Gasteiger partial charge in [0.1, 0.15) is 11.6 Å². The summed E-state index contributed by atoms with van der Waals surface area (Å²) < 4.78 is 13.9. The molecule has 0 unspecified atom stereocenters. The van der Waals surface area contributed by atoms with Crippen LogP contribution in [-0.2, 0) is 0 Å². The highest BCUT2D eigenvalue weighted by Crippen LogP contribution is 2.21. The first-order valence-electron chi connectivity index (χ1n) is 5.92. The zero-order chi connectivity index (χ0) is 14.7. The average Bonchev–Trinajstić information content (AvgIpc) is 2.42. The Balaban J connectivity index is 2.32. The maximum Gasteiger partial charge on any atom is 0.259 e. The minimum absolute atomic E-state index is 0.350. The first kappa shape index (κ1) is 14.5. The maximum atomic E-state index is 13.2. The zero-order valence-corrected chi connectivity index (χ0v) is 12.6. The van der Waals surface area contributed by atoms with Crippen molar-refractivity contribution in [3.05, 3.63) is 51.9 Å². The Morgan fingerprint density at radius 3 is 2.80 bits per heavy atom. The topological polar surface area (TPSA) is 54.0 Å². The summed E-state index contributed by atoms with van der Waals surface area (Å²) >= 11 is 3.28. The van der Waals surface area contributed by atoms with Gasteiger partial charge in [0.2, 0.25) is 0 Å². The molecule has 4 nitrogen and oxygen atoms in total. The Morgan fingerprint density at radius 1 is 1.35 bits per heavy atom. The smallest absolute Gasteiger partial charge is 0.259 e. The molecule has 2 rings (SSSR count). The Hall–Kier alpha value is -1.95. The highest BCUT2D eigenvalue weighted by Gasteiger charge is 2.14. The number of hydrogen-bond acceptors (Lipinski definition) is 3. The number of benzene rings is 1. The molecule has 20 heavy (non-hydrogen) atoms. The SMILES string of the molecule is CNc1ncc(Br)cc1C(=O)Nc1cc(F)ccc1C. The van der Waals surface area contributed by atoms with Gasteiger partial charge in [-0.05, 0) is 46.6 Å². The van der Waals surface area contributed by atoms with Crippen LogP contribution in [0.3, 0.4) is 0 Å². The van der Waals surface area contributed by atoms with Crippen molar-refractivity contribution in [1.82, 2.24) is 4.98 Å². The molecule has 2 aromatic rings. The number of aromatic nitrogens is 1. The Morgan fingerprint density at radius 2 is 2.10 bits per heavy atom. The van der Waals surface area contributed by atoms with Crippen LogP contribution in [0.5, 0.6) is 0 Å². The molecule has 0 bridgehead atoms. The van der Waals surface area contributed by atoms with Crippen molar-refractivity contribution in [1.29, 1.82) is 0 Å². The highest BCUT2D eigenvalue weighted by atomic mass is 79.9. The number of hydrogen-bond donors (Lipinski definition) is 2. The van der Waals surface area contributed by atoms with E-state index in [0.29, 0.717) is 21.5 Å². The number of amides is 1. The monoisotopic (exact) mass is 337 g/mol. The third-order valence-electron chi connectivity index (χ3n) is 2.78. The molecule has 0 atom stereocenters. The number of nitrogens with zero attached hydrogens (tertiary/aromatic N) is 1. The van der Waals surface area contributed by atoms with Crippen molar-refractivity contribution in [2.75, 3.05) is 17.7 Å². The van der Waals surface area contributed by atoms with Crippen molar-refractivity contribution < 1.29 is 9.18 Å². The molecule has 0 aliphatic carbocycles. The fourth-order valence-corrected chi connectivity index (χ4v) is 2.06. The van der Waals surface area contributed by atoms with E-state index < -0.39 is 5.82 Å². The van der Waals surface area contributed by atoms with Crippen LogP contribution in [0, 0.1) is 12.7 Å². The zero-order valence-electron chi connectivity index (χ0n) is 11.0. The van der Waals surface area contributed by atoms with Gasteiger partial charge in [0.05, 0.1) is 5.56 Å². The molecule has 2 N–H and O–H groups in total. The molecular formula is C14H13BrFN3O. The quantitative estimate of drug-likeness (QED) is 0.899. The third kappa shape index (κ3) is 3.14. The van der Waals surface area contributed by atoms with E-state index in [4.69, 9.17) is 0 Å². The lowest BCUT2D eigenvalue weighted by atomic mass is 10.1. The van der Waals surface area contributed by atoms with Crippen molar-refractivity contribution in [2.45, 2.75) is 6.92 Å². The summed E-state index contributed by atoms with van der Waals surface area (Å²) in [6, 6.07) is 5.91. The summed E-state index contributed by atoms with van der Waals surface area (Å²) in [5.41, 5.74) is 1.61. The summed E-state index contributed by atoms with van der Waals surface area (Å²) in [4.78, 5) is 16.4. The molecule has 0 fully saturated rings. The standard InChI is InChI=1S/C14H13BrFN3O/c1-8-3-4-10(16)6-12(8)19-14(20)11-5-9(15)7-18-13(11)17-2/h3-7H,1-2H3,(H,17,18)(H,19,20). The minimum Gasteiger partial charge on any atom is -0.372 e.